The van der Waals surface area contributed by atoms with Crippen molar-refractivity contribution in [1.82, 2.24) is 0 Å². The van der Waals surface area contributed by atoms with Gasteiger partial charge in [-0.15, -0.1) is 0 Å². The topological polar surface area (TPSA) is 88.1 Å². The standard InChI is InChI=1S/C16H15N3O2/c17-9-12-4-3-6-14(8-12)21-11-16(20)19-15-7-2-1-5-13(15)10-18/h1-8H,9,11,17H2,(H,19,20). The van der Waals surface area contributed by atoms with Crippen molar-refractivity contribution in [3.63, 3.8) is 0 Å². The summed E-state index contributed by atoms with van der Waals surface area (Å²) in [4.78, 5) is 11.8. The van der Waals surface area contributed by atoms with E-state index in [-0.39, 0.29) is 12.5 Å². The summed E-state index contributed by atoms with van der Waals surface area (Å²) < 4.78 is 5.41. The summed E-state index contributed by atoms with van der Waals surface area (Å²) >= 11 is 0. The molecule has 0 heterocycles. The Morgan fingerprint density at radius 2 is 2.05 bits per heavy atom. The van der Waals surface area contributed by atoms with Gasteiger partial charge in [0, 0.05) is 6.54 Å². The van der Waals surface area contributed by atoms with Gasteiger partial charge in [0.05, 0.1) is 11.3 Å². The van der Waals surface area contributed by atoms with Crippen molar-refractivity contribution in [3.8, 4) is 11.8 Å². The van der Waals surface area contributed by atoms with Crippen LogP contribution < -0.4 is 15.8 Å². The molecule has 106 valence electrons. The number of rotatable bonds is 5. The monoisotopic (exact) mass is 281 g/mol. The average Bonchev–Trinajstić information content (AvgIpc) is 2.53. The van der Waals surface area contributed by atoms with Crippen LogP contribution in [0.4, 0.5) is 5.69 Å². The van der Waals surface area contributed by atoms with Gasteiger partial charge >= 0.3 is 0 Å². The third-order valence-corrected chi connectivity index (χ3v) is 2.83. The Morgan fingerprint density at radius 3 is 2.81 bits per heavy atom. The number of para-hydroxylation sites is 1. The van der Waals surface area contributed by atoms with E-state index in [1.54, 1.807) is 36.4 Å². The lowest BCUT2D eigenvalue weighted by Gasteiger charge is -2.09. The summed E-state index contributed by atoms with van der Waals surface area (Å²) in [5.41, 5.74) is 7.37. The number of carbonyl (C=O) groups is 1. The quantitative estimate of drug-likeness (QED) is 0.877. The molecular weight excluding hydrogens is 266 g/mol. The highest BCUT2D eigenvalue weighted by Crippen LogP contribution is 2.15. The predicted molar refractivity (Wildman–Crippen MR) is 79.6 cm³/mol. The lowest BCUT2D eigenvalue weighted by Crippen LogP contribution is -2.20. The van der Waals surface area contributed by atoms with Gasteiger partial charge in [0.2, 0.25) is 0 Å². The Bertz CT molecular complexity index is 677. The van der Waals surface area contributed by atoms with Crippen molar-refractivity contribution in [2.75, 3.05) is 11.9 Å². The zero-order valence-electron chi connectivity index (χ0n) is 11.4. The third-order valence-electron chi connectivity index (χ3n) is 2.83. The Balaban J connectivity index is 1.94. The molecule has 0 saturated carbocycles. The minimum Gasteiger partial charge on any atom is -0.484 e. The fourth-order valence-corrected chi connectivity index (χ4v) is 1.79. The van der Waals surface area contributed by atoms with Crippen LogP contribution in [0.15, 0.2) is 48.5 Å². The summed E-state index contributed by atoms with van der Waals surface area (Å²) in [7, 11) is 0. The van der Waals surface area contributed by atoms with Crippen LogP contribution in [0.3, 0.4) is 0 Å². The molecular formula is C16H15N3O2. The number of nitrogens with zero attached hydrogens (tertiary/aromatic N) is 1. The number of ether oxygens (including phenoxy) is 1. The Labute approximate surface area is 123 Å². The Hall–Kier alpha value is -2.84. The number of nitriles is 1. The maximum absolute atomic E-state index is 11.8. The van der Waals surface area contributed by atoms with E-state index in [1.165, 1.54) is 0 Å². The van der Waals surface area contributed by atoms with Gasteiger partial charge in [0.15, 0.2) is 6.61 Å². The second-order valence-corrected chi connectivity index (χ2v) is 4.35. The van der Waals surface area contributed by atoms with Crippen LogP contribution in [0, 0.1) is 11.3 Å². The second-order valence-electron chi connectivity index (χ2n) is 4.35. The fourth-order valence-electron chi connectivity index (χ4n) is 1.79. The van der Waals surface area contributed by atoms with Gasteiger partial charge in [-0.1, -0.05) is 24.3 Å². The van der Waals surface area contributed by atoms with E-state index >= 15 is 0 Å². The van der Waals surface area contributed by atoms with Crippen molar-refractivity contribution in [1.29, 1.82) is 5.26 Å². The van der Waals surface area contributed by atoms with Crippen molar-refractivity contribution < 1.29 is 9.53 Å². The highest BCUT2D eigenvalue weighted by Gasteiger charge is 2.07. The van der Waals surface area contributed by atoms with Gasteiger partial charge in [-0.2, -0.15) is 5.26 Å². The van der Waals surface area contributed by atoms with Gasteiger partial charge in [-0.25, -0.2) is 0 Å². The van der Waals surface area contributed by atoms with Crippen LogP contribution in [-0.4, -0.2) is 12.5 Å². The smallest absolute Gasteiger partial charge is 0.262 e. The molecule has 0 aromatic heterocycles. The molecule has 5 heteroatoms. The van der Waals surface area contributed by atoms with Crippen LogP contribution >= 0.6 is 0 Å². The normalized spacial score (nSPS) is 9.71. The molecule has 0 aliphatic rings. The molecule has 0 spiro atoms. The number of nitrogens with one attached hydrogen (secondary N) is 1. The van der Waals surface area contributed by atoms with Gasteiger partial charge in [-0.05, 0) is 29.8 Å². The summed E-state index contributed by atoms with van der Waals surface area (Å²) in [5, 5.41) is 11.6. The van der Waals surface area contributed by atoms with Gasteiger partial charge < -0.3 is 15.8 Å². The average molecular weight is 281 g/mol. The first-order chi connectivity index (χ1) is 10.2. The highest BCUT2D eigenvalue weighted by molar-refractivity contribution is 5.93. The van der Waals surface area contributed by atoms with Gasteiger partial charge in [0.25, 0.3) is 5.91 Å². The van der Waals surface area contributed by atoms with E-state index in [0.29, 0.717) is 23.5 Å². The van der Waals surface area contributed by atoms with Crippen molar-refractivity contribution >= 4 is 11.6 Å². The van der Waals surface area contributed by atoms with Crippen molar-refractivity contribution in [3.05, 3.63) is 59.7 Å². The zero-order chi connectivity index (χ0) is 15.1. The molecule has 21 heavy (non-hydrogen) atoms. The second kappa shape index (κ2) is 7.08. The lowest BCUT2D eigenvalue weighted by atomic mass is 10.2. The number of benzene rings is 2. The SMILES string of the molecule is N#Cc1ccccc1NC(=O)COc1cccc(CN)c1. The van der Waals surface area contributed by atoms with Crippen LogP contribution in [0.1, 0.15) is 11.1 Å². The van der Waals surface area contributed by atoms with E-state index in [2.05, 4.69) is 5.32 Å². The number of hydrogen-bond donors (Lipinski definition) is 2. The largest absolute Gasteiger partial charge is 0.484 e. The van der Waals surface area contributed by atoms with E-state index < -0.39 is 0 Å². The Morgan fingerprint density at radius 1 is 1.24 bits per heavy atom. The summed E-state index contributed by atoms with van der Waals surface area (Å²) in [6.07, 6.45) is 0. The van der Waals surface area contributed by atoms with Crippen LogP contribution in [0.25, 0.3) is 0 Å². The maximum Gasteiger partial charge on any atom is 0.262 e. The van der Waals surface area contributed by atoms with Crippen LogP contribution in [0.5, 0.6) is 5.75 Å². The van der Waals surface area contributed by atoms with Crippen molar-refractivity contribution in [2.45, 2.75) is 6.54 Å². The molecule has 0 bridgehead atoms. The molecule has 1 amide bonds. The molecule has 0 aliphatic carbocycles. The lowest BCUT2D eigenvalue weighted by molar-refractivity contribution is -0.118. The van der Waals surface area contributed by atoms with E-state index in [0.717, 1.165) is 5.56 Å². The number of anilines is 1. The van der Waals surface area contributed by atoms with Gasteiger partial charge in [0.1, 0.15) is 11.8 Å². The fraction of sp³-hybridized carbons (Fsp3) is 0.125. The molecule has 2 aromatic rings. The van der Waals surface area contributed by atoms with Crippen LogP contribution in [0.2, 0.25) is 0 Å². The molecule has 0 fully saturated rings. The minimum atomic E-state index is -0.323. The molecule has 0 aliphatic heterocycles. The molecule has 0 saturated heterocycles. The molecule has 2 aromatic carbocycles. The number of nitrogens with two attached hydrogens (primary N) is 1. The number of carbonyl (C=O) groups excluding carboxylic acids is 1. The molecule has 2 rings (SSSR count). The third kappa shape index (κ3) is 4.06. The molecule has 0 unspecified atom stereocenters. The maximum atomic E-state index is 11.8. The number of amides is 1. The first-order valence-electron chi connectivity index (χ1n) is 6.43. The highest BCUT2D eigenvalue weighted by atomic mass is 16.5. The number of hydrogen-bond acceptors (Lipinski definition) is 4. The first kappa shape index (κ1) is 14.6. The molecule has 3 N–H and O–H groups in total. The summed E-state index contributed by atoms with van der Waals surface area (Å²) in [5.74, 6) is 0.262. The van der Waals surface area contributed by atoms with Gasteiger partial charge in [-0.3, -0.25) is 4.79 Å². The summed E-state index contributed by atoms with van der Waals surface area (Å²) in [6, 6.07) is 16.1. The summed E-state index contributed by atoms with van der Waals surface area (Å²) in [6.45, 7) is 0.284. The van der Waals surface area contributed by atoms with E-state index in [4.69, 9.17) is 15.7 Å². The van der Waals surface area contributed by atoms with E-state index in [1.807, 2.05) is 18.2 Å². The van der Waals surface area contributed by atoms with E-state index in [9.17, 15) is 4.79 Å². The van der Waals surface area contributed by atoms with Crippen LogP contribution in [-0.2, 0) is 11.3 Å². The Kier molecular flexibility index (Phi) is 4.91. The van der Waals surface area contributed by atoms with Crippen molar-refractivity contribution in [2.24, 2.45) is 5.73 Å². The molecule has 0 atom stereocenters. The minimum absolute atomic E-state index is 0.131. The molecule has 0 radical (unpaired) electrons. The predicted octanol–water partition coefficient (Wildman–Crippen LogP) is 2.03. The first-order valence-corrected chi connectivity index (χ1v) is 6.43. The zero-order valence-corrected chi connectivity index (χ0v) is 11.4. The molecule has 5 nitrogen and oxygen atoms in total.